The van der Waals surface area contributed by atoms with Crippen LogP contribution in [0.5, 0.6) is 0 Å². The second kappa shape index (κ2) is 5.90. The van der Waals surface area contributed by atoms with Crippen LogP contribution in [-0.2, 0) is 0 Å². The van der Waals surface area contributed by atoms with E-state index >= 15 is 0 Å². The molecule has 2 fully saturated rings. The summed E-state index contributed by atoms with van der Waals surface area (Å²) < 4.78 is 0.981. The maximum absolute atomic E-state index is 13.0. The molecule has 0 bridgehead atoms. The van der Waals surface area contributed by atoms with Gasteiger partial charge in [-0.05, 0) is 19.3 Å². The summed E-state index contributed by atoms with van der Waals surface area (Å²) >= 11 is 0. The normalized spacial score (nSPS) is 36.0. The van der Waals surface area contributed by atoms with Crippen molar-refractivity contribution in [2.24, 2.45) is 11.8 Å². The lowest BCUT2D eigenvalue weighted by molar-refractivity contribution is -0.949. The van der Waals surface area contributed by atoms with Gasteiger partial charge in [-0.1, -0.05) is 30.3 Å². The predicted octanol–water partition coefficient (Wildman–Crippen LogP) is 2.50. The number of nitrogens with zero attached hydrogens (tertiary/aromatic N) is 1. The number of carbonyl (C=O) groups is 1. The van der Waals surface area contributed by atoms with Gasteiger partial charge in [0.15, 0.2) is 5.78 Å². The third kappa shape index (κ3) is 2.77. The van der Waals surface area contributed by atoms with Crippen LogP contribution in [0.3, 0.4) is 0 Å². The zero-order valence-corrected chi connectivity index (χ0v) is 12.9. The van der Waals surface area contributed by atoms with Crippen molar-refractivity contribution in [1.82, 2.24) is 0 Å². The van der Waals surface area contributed by atoms with Gasteiger partial charge in [0.1, 0.15) is 0 Å². The van der Waals surface area contributed by atoms with Crippen LogP contribution in [-0.4, -0.2) is 48.2 Å². The number of rotatable bonds is 3. The number of benzene rings is 1. The third-order valence-electron chi connectivity index (χ3n) is 5.60. The molecule has 2 heterocycles. The van der Waals surface area contributed by atoms with Gasteiger partial charge in [-0.2, -0.15) is 0 Å². The number of hydrogen-bond acceptors (Lipinski definition) is 2. The van der Waals surface area contributed by atoms with E-state index in [1.807, 2.05) is 30.3 Å². The molecule has 4 unspecified atom stereocenters. The molecule has 21 heavy (non-hydrogen) atoms. The highest BCUT2D eigenvalue weighted by molar-refractivity contribution is 5.98. The molecule has 2 aliphatic rings. The van der Waals surface area contributed by atoms with Crippen molar-refractivity contribution in [3.8, 4) is 0 Å². The SMILES string of the molecule is C[N+]12CCCCC1C(C(=O)c1ccccc1)CC(CO)C2. The fourth-order valence-electron chi connectivity index (χ4n) is 4.58. The molecular weight excluding hydrogens is 262 g/mol. The van der Waals surface area contributed by atoms with Gasteiger partial charge in [0, 0.05) is 17.9 Å². The lowest BCUT2D eigenvalue weighted by atomic mass is 9.74. The Morgan fingerprint density at radius 1 is 1.29 bits per heavy atom. The smallest absolute Gasteiger partial charge is 0.171 e. The zero-order valence-electron chi connectivity index (χ0n) is 12.9. The first-order valence-corrected chi connectivity index (χ1v) is 8.18. The first-order chi connectivity index (χ1) is 10.1. The van der Waals surface area contributed by atoms with E-state index in [4.69, 9.17) is 0 Å². The Morgan fingerprint density at radius 3 is 2.76 bits per heavy atom. The summed E-state index contributed by atoms with van der Waals surface area (Å²) in [5, 5.41) is 9.64. The Labute approximate surface area is 127 Å². The highest BCUT2D eigenvalue weighted by Crippen LogP contribution is 2.39. The quantitative estimate of drug-likeness (QED) is 0.685. The number of fused-ring (bicyclic) bond motifs is 1. The molecule has 0 spiro atoms. The number of ketones is 1. The Balaban J connectivity index is 1.89. The lowest BCUT2D eigenvalue weighted by Gasteiger charge is -2.52. The van der Waals surface area contributed by atoms with Crippen molar-refractivity contribution < 1.29 is 14.4 Å². The van der Waals surface area contributed by atoms with Crippen LogP contribution >= 0.6 is 0 Å². The van der Waals surface area contributed by atoms with E-state index < -0.39 is 0 Å². The maximum atomic E-state index is 13.0. The molecule has 114 valence electrons. The van der Waals surface area contributed by atoms with Crippen LogP contribution in [0.25, 0.3) is 0 Å². The van der Waals surface area contributed by atoms with Gasteiger partial charge in [0.2, 0.25) is 0 Å². The van der Waals surface area contributed by atoms with Gasteiger partial charge in [-0.25, -0.2) is 0 Å². The minimum Gasteiger partial charge on any atom is -0.396 e. The Morgan fingerprint density at radius 2 is 2.05 bits per heavy atom. The first kappa shape index (κ1) is 14.7. The van der Waals surface area contributed by atoms with Crippen molar-refractivity contribution in [3.63, 3.8) is 0 Å². The van der Waals surface area contributed by atoms with Gasteiger partial charge >= 0.3 is 0 Å². The summed E-state index contributed by atoms with van der Waals surface area (Å²) in [6, 6.07) is 10.1. The molecule has 1 N–H and O–H groups in total. The molecule has 2 saturated heterocycles. The van der Waals surface area contributed by atoms with Gasteiger partial charge in [-0.3, -0.25) is 4.79 Å². The van der Waals surface area contributed by atoms with Crippen LogP contribution in [0.4, 0.5) is 0 Å². The monoisotopic (exact) mass is 288 g/mol. The maximum Gasteiger partial charge on any atom is 0.171 e. The summed E-state index contributed by atoms with van der Waals surface area (Å²) in [6.45, 7) is 2.39. The van der Waals surface area contributed by atoms with Crippen LogP contribution in [0.15, 0.2) is 30.3 Å². The number of quaternary nitrogens is 1. The molecule has 0 aliphatic carbocycles. The molecule has 0 radical (unpaired) electrons. The van der Waals surface area contributed by atoms with Crippen molar-refractivity contribution in [2.45, 2.75) is 31.7 Å². The summed E-state index contributed by atoms with van der Waals surface area (Å²) in [5.41, 5.74) is 0.832. The molecule has 0 amide bonds. The minimum atomic E-state index is 0.0728. The highest BCUT2D eigenvalue weighted by atomic mass is 16.3. The van der Waals surface area contributed by atoms with E-state index in [0.29, 0.717) is 6.04 Å². The van der Waals surface area contributed by atoms with Crippen LogP contribution < -0.4 is 0 Å². The molecule has 3 heteroatoms. The molecule has 2 aliphatic heterocycles. The minimum absolute atomic E-state index is 0.0728. The molecule has 1 aromatic carbocycles. The molecule has 0 saturated carbocycles. The second-order valence-electron chi connectivity index (χ2n) is 7.07. The molecule has 3 nitrogen and oxygen atoms in total. The standard InChI is InChI=1S/C18H26NO2/c1-19-10-6-5-9-17(19)16(11-14(12-19)13-20)18(21)15-7-3-2-4-8-15/h2-4,7-8,14,16-17,20H,5-6,9-13H2,1H3/q+1. The fourth-order valence-corrected chi connectivity index (χ4v) is 4.58. The van der Waals surface area contributed by atoms with Crippen molar-refractivity contribution in [3.05, 3.63) is 35.9 Å². The van der Waals surface area contributed by atoms with E-state index in [1.165, 1.54) is 12.8 Å². The Bertz CT molecular complexity index is 501. The predicted molar refractivity (Wildman–Crippen MR) is 83.0 cm³/mol. The van der Waals surface area contributed by atoms with E-state index in [9.17, 15) is 9.90 Å². The Kier molecular flexibility index (Phi) is 4.14. The highest BCUT2D eigenvalue weighted by Gasteiger charge is 2.49. The summed E-state index contributed by atoms with van der Waals surface area (Å²) in [4.78, 5) is 13.0. The lowest BCUT2D eigenvalue weighted by Crippen LogP contribution is -2.64. The van der Waals surface area contributed by atoms with Gasteiger partial charge in [0.25, 0.3) is 0 Å². The third-order valence-corrected chi connectivity index (χ3v) is 5.60. The average Bonchev–Trinajstić information content (AvgIpc) is 2.53. The summed E-state index contributed by atoms with van der Waals surface area (Å²) in [7, 11) is 2.29. The zero-order chi connectivity index (χ0) is 14.9. The van der Waals surface area contributed by atoms with E-state index in [1.54, 1.807) is 0 Å². The largest absolute Gasteiger partial charge is 0.396 e. The van der Waals surface area contributed by atoms with Crippen molar-refractivity contribution in [1.29, 1.82) is 0 Å². The molecular formula is C18H26NO2+. The summed E-state index contributed by atoms with van der Waals surface area (Å²) in [6.07, 6.45) is 4.49. The van der Waals surface area contributed by atoms with Crippen LogP contribution in [0.1, 0.15) is 36.0 Å². The molecule has 1 aromatic rings. The second-order valence-corrected chi connectivity index (χ2v) is 7.07. The number of carbonyl (C=O) groups excluding carboxylic acids is 1. The van der Waals surface area contributed by atoms with E-state index in [2.05, 4.69) is 7.05 Å². The van der Waals surface area contributed by atoms with Crippen molar-refractivity contribution in [2.75, 3.05) is 26.7 Å². The average molecular weight is 288 g/mol. The number of hydrogen-bond donors (Lipinski definition) is 1. The molecule has 0 aromatic heterocycles. The molecule has 4 atom stereocenters. The van der Waals surface area contributed by atoms with E-state index in [0.717, 1.165) is 36.0 Å². The van der Waals surface area contributed by atoms with Gasteiger partial charge < -0.3 is 9.59 Å². The van der Waals surface area contributed by atoms with Gasteiger partial charge in [0.05, 0.1) is 38.7 Å². The summed E-state index contributed by atoms with van der Waals surface area (Å²) in [5.74, 6) is 0.621. The fraction of sp³-hybridized carbons (Fsp3) is 0.611. The molecule has 3 rings (SSSR count). The number of Topliss-reactive ketones (excluding diaryl/α,β-unsaturated/α-hetero) is 1. The van der Waals surface area contributed by atoms with Crippen molar-refractivity contribution >= 4 is 5.78 Å². The number of aliphatic hydroxyl groups excluding tert-OH is 1. The van der Waals surface area contributed by atoms with E-state index in [-0.39, 0.29) is 24.2 Å². The Hall–Kier alpha value is -1.19. The van der Waals surface area contributed by atoms with Gasteiger partial charge in [-0.15, -0.1) is 0 Å². The van der Waals surface area contributed by atoms with Crippen LogP contribution in [0.2, 0.25) is 0 Å². The topological polar surface area (TPSA) is 37.3 Å². The first-order valence-electron chi connectivity index (χ1n) is 8.18. The number of piperidine rings is 2. The number of aliphatic hydroxyl groups is 1. The van der Waals surface area contributed by atoms with Crippen LogP contribution in [0, 0.1) is 11.8 Å².